The van der Waals surface area contributed by atoms with Crippen LogP contribution < -0.4 is 5.32 Å². The van der Waals surface area contributed by atoms with E-state index in [1.807, 2.05) is 12.1 Å². The highest BCUT2D eigenvalue weighted by Crippen LogP contribution is 2.27. The quantitative estimate of drug-likeness (QED) is 0.905. The van der Waals surface area contributed by atoms with Gasteiger partial charge in [0.2, 0.25) is 5.89 Å². The van der Waals surface area contributed by atoms with E-state index >= 15 is 0 Å². The second-order valence-electron chi connectivity index (χ2n) is 3.58. The molecule has 0 fully saturated rings. The summed E-state index contributed by atoms with van der Waals surface area (Å²) in [5, 5.41) is 16.7. The number of aromatic nitrogens is 2. The monoisotopic (exact) mass is 297 g/mol. The van der Waals surface area contributed by atoms with E-state index in [9.17, 15) is 5.11 Å². The van der Waals surface area contributed by atoms with E-state index < -0.39 is 0 Å². The molecule has 0 aliphatic carbocycles. The highest BCUT2D eigenvalue weighted by Gasteiger charge is 2.05. The lowest BCUT2D eigenvalue weighted by Gasteiger charge is -2.06. The Morgan fingerprint density at radius 2 is 2.24 bits per heavy atom. The molecular weight excluding hydrogens is 286 g/mol. The molecule has 0 radical (unpaired) electrons. The van der Waals surface area contributed by atoms with Crippen LogP contribution in [0.5, 0.6) is 5.75 Å². The molecule has 0 atom stereocenters. The lowest BCUT2D eigenvalue weighted by atomic mass is 10.2. The maximum absolute atomic E-state index is 9.76. The van der Waals surface area contributed by atoms with Crippen molar-refractivity contribution in [3.05, 3.63) is 40.0 Å². The number of hydrogen-bond acceptors (Lipinski definition) is 5. The molecule has 1 aromatic carbocycles. The topological polar surface area (TPSA) is 71.2 Å². The van der Waals surface area contributed by atoms with Crippen molar-refractivity contribution in [2.24, 2.45) is 0 Å². The molecule has 1 heterocycles. The lowest BCUT2D eigenvalue weighted by Crippen LogP contribution is -2.13. The third kappa shape index (κ3) is 3.04. The van der Waals surface area contributed by atoms with Crippen molar-refractivity contribution < 1.29 is 9.63 Å². The van der Waals surface area contributed by atoms with E-state index in [1.165, 1.54) is 0 Å². The minimum atomic E-state index is 0.254. The fourth-order valence-corrected chi connectivity index (χ4v) is 1.83. The highest BCUT2D eigenvalue weighted by molar-refractivity contribution is 9.10. The van der Waals surface area contributed by atoms with Crippen LogP contribution in [-0.2, 0) is 13.1 Å². The molecule has 0 unspecified atom stereocenters. The van der Waals surface area contributed by atoms with Crippen molar-refractivity contribution in [3.8, 4) is 5.75 Å². The minimum Gasteiger partial charge on any atom is -0.506 e. The molecule has 1 aromatic heterocycles. The Balaban J connectivity index is 1.92. The molecule has 0 aliphatic rings. The van der Waals surface area contributed by atoms with Crippen molar-refractivity contribution in [2.75, 3.05) is 0 Å². The van der Waals surface area contributed by atoms with Gasteiger partial charge in [-0.15, -0.1) is 0 Å². The summed E-state index contributed by atoms with van der Waals surface area (Å²) in [6, 6.07) is 5.52. The maximum atomic E-state index is 9.76. The molecule has 90 valence electrons. The molecule has 2 N–H and O–H groups in total. The van der Waals surface area contributed by atoms with E-state index in [1.54, 1.807) is 13.0 Å². The summed E-state index contributed by atoms with van der Waals surface area (Å²) in [4.78, 5) is 4.07. The van der Waals surface area contributed by atoms with Gasteiger partial charge in [0.15, 0.2) is 5.82 Å². The van der Waals surface area contributed by atoms with Gasteiger partial charge in [-0.3, -0.25) is 0 Å². The third-order valence-electron chi connectivity index (χ3n) is 2.24. The molecule has 6 heteroatoms. The van der Waals surface area contributed by atoms with Crippen LogP contribution in [0, 0.1) is 6.92 Å². The molecule has 5 nitrogen and oxygen atoms in total. The van der Waals surface area contributed by atoms with Gasteiger partial charge in [-0.2, -0.15) is 4.98 Å². The van der Waals surface area contributed by atoms with Gasteiger partial charge in [-0.1, -0.05) is 17.3 Å². The summed E-state index contributed by atoms with van der Waals surface area (Å²) in [6.45, 7) is 2.79. The Morgan fingerprint density at radius 3 is 2.94 bits per heavy atom. The Morgan fingerprint density at radius 1 is 1.41 bits per heavy atom. The standard InChI is InChI=1S/C11H12BrN3O2/c1-7-14-10(15-17-7)6-13-5-8-3-2-4-9(12)11(8)16/h2-4,13,16H,5-6H2,1H3. The second-order valence-corrected chi connectivity index (χ2v) is 4.44. The number of rotatable bonds is 4. The molecule has 2 rings (SSSR count). The van der Waals surface area contributed by atoms with Crippen LogP contribution in [0.2, 0.25) is 0 Å². The predicted octanol–water partition coefficient (Wildman–Crippen LogP) is 2.14. The number of phenols is 1. The van der Waals surface area contributed by atoms with Gasteiger partial charge < -0.3 is 14.9 Å². The Bertz CT molecular complexity index is 513. The number of aryl methyl sites for hydroxylation is 1. The summed E-state index contributed by atoms with van der Waals surface area (Å²) < 4.78 is 5.54. The van der Waals surface area contributed by atoms with Crippen molar-refractivity contribution in [1.29, 1.82) is 0 Å². The summed E-state index contributed by atoms with van der Waals surface area (Å²) in [5.41, 5.74) is 0.819. The van der Waals surface area contributed by atoms with Crippen LogP contribution in [0.3, 0.4) is 0 Å². The van der Waals surface area contributed by atoms with Gasteiger partial charge in [-0.25, -0.2) is 0 Å². The van der Waals surface area contributed by atoms with E-state index in [0.29, 0.717) is 29.3 Å². The molecular formula is C11H12BrN3O2. The van der Waals surface area contributed by atoms with Crippen LogP contribution in [0.15, 0.2) is 27.2 Å². The van der Waals surface area contributed by atoms with Gasteiger partial charge in [0.1, 0.15) is 5.75 Å². The molecule has 0 spiro atoms. The number of phenolic OH excluding ortho intramolecular Hbond substituents is 1. The number of para-hydroxylation sites is 1. The van der Waals surface area contributed by atoms with Gasteiger partial charge >= 0.3 is 0 Å². The minimum absolute atomic E-state index is 0.254. The average Bonchev–Trinajstić information content (AvgIpc) is 2.70. The van der Waals surface area contributed by atoms with Crippen LogP contribution in [0.4, 0.5) is 0 Å². The Hall–Kier alpha value is -1.40. The number of benzene rings is 1. The lowest BCUT2D eigenvalue weighted by molar-refractivity contribution is 0.385. The SMILES string of the molecule is Cc1nc(CNCc2cccc(Br)c2O)no1. The zero-order valence-electron chi connectivity index (χ0n) is 9.27. The summed E-state index contributed by atoms with van der Waals surface area (Å²) >= 11 is 3.27. The number of hydrogen-bond donors (Lipinski definition) is 2. The molecule has 0 aliphatic heterocycles. The number of nitrogens with zero attached hydrogens (tertiary/aromatic N) is 2. The van der Waals surface area contributed by atoms with E-state index in [0.717, 1.165) is 5.56 Å². The normalized spacial score (nSPS) is 10.7. The van der Waals surface area contributed by atoms with Gasteiger partial charge in [0, 0.05) is 19.0 Å². The zero-order valence-corrected chi connectivity index (χ0v) is 10.9. The maximum Gasteiger partial charge on any atom is 0.223 e. The van der Waals surface area contributed by atoms with Crippen molar-refractivity contribution in [1.82, 2.24) is 15.5 Å². The Labute approximate surface area is 107 Å². The van der Waals surface area contributed by atoms with Crippen molar-refractivity contribution in [2.45, 2.75) is 20.0 Å². The van der Waals surface area contributed by atoms with Crippen LogP contribution in [0.25, 0.3) is 0 Å². The first kappa shape index (κ1) is 12.1. The van der Waals surface area contributed by atoms with Crippen LogP contribution in [-0.4, -0.2) is 15.2 Å². The summed E-state index contributed by atoms with van der Waals surface area (Å²) in [5.74, 6) is 1.41. The van der Waals surface area contributed by atoms with E-state index in [4.69, 9.17) is 4.52 Å². The van der Waals surface area contributed by atoms with Gasteiger partial charge in [0.25, 0.3) is 0 Å². The molecule has 0 amide bonds. The second kappa shape index (κ2) is 5.29. The third-order valence-corrected chi connectivity index (χ3v) is 2.88. The summed E-state index contributed by atoms with van der Waals surface area (Å²) in [7, 11) is 0. The van der Waals surface area contributed by atoms with Crippen molar-refractivity contribution >= 4 is 15.9 Å². The number of nitrogens with one attached hydrogen (secondary N) is 1. The summed E-state index contributed by atoms with van der Waals surface area (Å²) in [6.07, 6.45) is 0. The largest absolute Gasteiger partial charge is 0.506 e. The zero-order chi connectivity index (χ0) is 12.3. The molecule has 17 heavy (non-hydrogen) atoms. The first-order valence-electron chi connectivity index (χ1n) is 5.13. The van der Waals surface area contributed by atoms with Gasteiger partial charge in [-0.05, 0) is 22.0 Å². The first-order chi connectivity index (χ1) is 8.16. The molecule has 0 bridgehead atoms. The fraction of sp³-hybridized carbons (Fsp3) is 0.273. The van der Waals surface area contributed by atoms with E-state index in [-0.39, 0.29) is 5.75 Å². The smallest absolute Gasteiger partial charge is 0.223 e. The molecule has 0 saturated heterocycles. The van der Waals surface area contributed by atoms with Crippen molar-refractivity contribution in [3.63, 3.8) is 0 Å². The first-order valence-corrected chi connectivity index (χ1v) is 5.92. The fourth-order valence-electron chi connectivity index (χ4n) is 1.42. The molecule has 0 saturated carbocycles. The van der Waals surface area contributed by atoms with Gasteiger partial charge in [0.05, 0.1) is 11.0 Å². The van der Waals surface area contributed by atoms with E-state index in [2.05, 4.69) is 31.4 Å². The number of aromatic hydroxyl groups is 1. The highest BCUT2D eigenvalue weighted by atomic mass is 79.9. The average molecular weight is 298 g/mol. The van der Waals surface area contributed by atoms with Crippen LogP contribution >= 0.6 is 15.9 Å². The molecule has 2 aromatic rings. The van der Waals surface area contributed by atoms with Crippen LogP contribution in [0.1, 0.15) is 17.3 Å². The predicted molar refractivity (Wildman–Crippen MR) is 65.4 cm³/mol. The Kier molecular flexibility index (Phi) is 3.75. The number of halogens is 1.